The lowest BCUT2D eigenvalue weighted by molar-refractivity contribution is -0.137. The summed E-state index contributed by atoms with van der Waals surface area (Å²) in [6.07, 6.45) is 6.41. The van der Waals surface area contributed by atoms with Crippen LogP contribution in [0, 0.1) is 0 Å². The molecular weight excluding hydrogens is 282 g/mol. The predicted octanol–water partition coefficient (Wildman–Crippen LogP) is 0.410. The first-order valence-electron chi connectivity index (χ1n) is 6.55. The van der Waals surface area contributed by atoms with Gasteiger partial charge in [0.25, 0.3) is 0 Å². The maximum absolute atomic E-state index is 11.3. The number of unbranched alkanes of at least 4 members (excludes halogenated alkanes) is 3. The van der Waals surface area contributed by atoms with Crippen LogP contribution in [-0.2, 0) is 9.59 Å². The highest BCUT2D eigenvalue weighted by Crippen LogP contribution is 2.03. The van der Waals surface area contributed by atoms with Crippen LogP contribution in [0.4, 0.5) is 4.79 Å². The number of rotatable bonds is 11. The summed E-state index contributed by atoms with van der Waals surface area (Å²) < 4.78 is 0. The molecule has 0 radical (unpaired) electrons. The van der Waals surface area contributed by atoms with Crippen LogP contribution in [0.25, 0.3) is 0 Å². The topological polar surface area (TPSA) is 108 Å². The SMILES string of the molecule is CSCCCCCCNC(=O)NCC(=O)NCC(=O)O. The number of hydrogen-bond donors (Lipinski definition) is 4. The molecule has 20 heavy (non-hydrogen) atoms. The van der Waals surface area contributed by atoms with Crippen LogP contribution in [0.1, 0.15) is 25.7 Å². The van der Waals surface area contributed by atoms with Crippen LogP contribution in [0.5, 0.6) is 0 Å². The van der Waals surface area contributed by atoms with Crippen LogP contribution in [0.3, 0.4) is 0 Å². The van der Waals surface area contributed by atoms with Gasteiger partial charge in [0.05, 0.1) is 6.54 Å². The molecule has 0 rings (SSSR count). The fourth-order valence-corrected chi connectivity index (χ4v) is 1.88. The lowest BCUT2D eigenvalue weighted by atomic mass is 10.2. The van der Waals surface area contributed by atoms with E-state index in [9.17, 15) is 14.4 Å². The van der Waals surface area contributed by atoms with Crippen molar-refractivity contribution in [2.45, 2.75) is 25.7 Å². The Morgan fingerprint density at radius 1 is 0.950 bits per heavy atom. The number of thioether (sulfide) groups is 1. The van der Waals surface area contributed by atoms with Gasteiger partial charge in [0.15, 0.2) is 0 Å². The second kappa shape index (κ2) is 12.6. The average Bonchev–Trinajstić information content (AvgIpc) is 2.41. The third kappa shape index (κ3) is 13.0. The van der Waals surface area contributed by atoms with Gasteiger partial charge in [0, 0.05) is 6.54 Å². The summed E-state index contributed by atoms with van der Waals surface area (Å²) in [7, 11) is 0. The van der Waals surface area contributed by atoms with Crippen molar-refractivity contribution in [2.24, 2.45) is 0 Å². The zero-order valence-corrected chi connectivity index (χ0v) is 12.6. The molecule has 0 aliphatic rings. The molecule has 0 aliphatic heterocycles. The summed E-state index contributed by atoms with van der Waals surface area (Å²) in [5.41, 5.74) is 0. The van der Waals surface area contributed by atoms with E-state index < -0.39 is 24.5 Å². The van der Waals surface area contributed by atoms with E-state index in [0.29, 0.717) is 6.54 Å². The Labute approximate surface area is 123 Å². The number of aliphatic carboxylic acids is 1. The molecule has 0 bridgehead atoms. The largest absolute Gasteiger partial charge is 0.480 e. The van der Waals surface area contributed by atoms with Crippen molar-refractivity contribution in [1.29, 1.82) is 0 Å². The number of hydrogen-bond acceptors (Lipinski definition) is 4. The zero-order chi connectivity index (χ0) is 15.2. The second-order valence-corrected chi connectivity index (χ2v) is 5.17. The normalized spacial score (nSPS) is 9.85. The molecule has 0 saturated heterocycles. The molecule has 0 saturated carbocycles. The van der Waals surface area contributed by atoms with Crippen molar-refractivity contribution in [3.8, 4) is 0 Å². The summed E-state index contributed by atoms with van der Waals surface area (Å²) in [6.45, 7) is -0.104. The number of carbonyl (C=O) groups is 3. The minimum atomic E-state index is -1.12. The molecular formula is C12H23N3O4S. The summed E-state index contributed by atoms with van der Waals surface area (Å²) >= 11 is 1.83. The molecule has 0 fully saturated rings. The molecule has 7 nitrogen and oxygen atoms in total. The Morgan fingerprint density at radius 2 is 1.65 bits per heavy atom. The smallest absolute Gasteiger partial charge is 0.322 e. The minimum absolute atomic E-state index is 0.229. The zero-order valence-electron chi connectivity index (χ0n) is 11.7. The summed E-state index contributed by atoms with van der Waals surface area (Å²) in [5, 5.41) is 15.5. The number of nitrogens with one attached hydrogen (secondary N) is 3. The van der Waals surface area contributed by atoms with Gasteiger partial charge in [0.1, 0.15) is 6.54 Å². The van der Waals surface area contributed by atoms with Gasteiger partial charge in [-0.05, 0) is 24.9 Å². The standard InChI is InChI=1S/C12H23N3O4S/c1-20-7-5-3-2-4-6-13-12(19)15-8-10(16)14-9-11(17)18/h2-9H2,1H3,(H,14,16)(H,17,18)(H2,13,15,19). The Morgan fingerprint density at radius 3 is 2.30 bits per heavy atom. The van der Waals surface area contributed by atoms with Crippen LogP contribution in [-0.4, -0.2) is 54.7 Å². The maximum Gasteiger partial charge on any atom is 0.322 e. The molecule has 3 amide bonds. The highest BCUT2D eigenvalue weighted by atomic mass is 32.2. The van der Waals surface area contributed by atoms with Crippen molar-refractivity contribution in [2.75, 3.05) is 31.6 Å². The van der Waals surface area contributed by atoms with Gasteiger partial charge in [-0.3, -0.25) is 9.59 Å². The van der Waals surface area contributed by atoms with E-state index in [0.717, 1.165) is 19.3 Å². The first-order chi connectivity index (χ1) is 9.56. The van der Waals surface area contributed by atoms with E-state index in [4.69, 9.17) is 5.11 Å². The van der Waals surface area contributed by atoms with Crippen molar-refractivity contribution in [3.63, 3.8) is 0 Å². The average molecular weight is 305 g/mol. The Balaban J connectivity index is 3.40. The third-order valence-electron chi connectivity index (χ3n) is 2.41. The molecule has 0 aromatic heterocycles. The number of carboxylic acid groups (broad SMARTS) is 1. The van der Waals surface area contributed by atoms with Crippen molar-refractivity contribution in [1.82, 2.24) is 16.0 Å². The van der Waals surface area contributed by atoms with Gasteiger partial charge in [0.2, 0.25) is 5.91 Å². The highest BCUT2D eigenvalue weighted by molar-refractivity contribution is 7.98. The van der Waals surface area contributed by atoms with Crippen LogP contribution >= 0.6 is 11.8 Å². The Kier molecular flexibility index (Phi) is 11.7. The molecule has 4 N–H and O–H groups in total. The monoisotopic (exact) mass is 305 g/mol. The first kappa shape index (κ1) is 18.6. The lowest BCUT2D eigenvalue weighted by Gasteiger charge is -2.07. The van der Waals surface area contributed by atoms with Gasteiger partial charge in [-0.1, -0.05) is 12.8 Å². The Hall–Kier alpha value is -1.44. The predicted molar refractivity (Wildman–Crippen MR) is 78.9 cm³/mol. The first-order valence-corrected chi connectivity index (χ1v) is 7.94. The molecule has 0 aliphatic carbocycles. The van der Waals surface area contributed by atoms with Gasteiger partial charge in [-0.15, -0.1) is 0 Å². The fourth-order valence-electron chi connectivity index (χ4n) is 1.39. The van der Waals surface area contributed by atoms with E-state index in [1.165, 1.54) is 12.2 Å². The molecule has 0 unspecified atom stereocenters. The summed E-state index contributed by atoms with van der Waals surface area (Å²) in [6, 6.07) is -0.417. The lowest BCUT2D eigenvalue weighted by Crippen LogP contribution is -2.43. The van der Waals surface area contributed by atoms with Gasteiger partial charge in [-0.25, -0.2) is 4.79 Å². The van der Waals surface area contributed by atoms with Crippen LogP contribution in [0.2, 0.25) is 0 Å². The van der Waals surface area contributed by atoms with E-state index >= 15 is 0 Å². The number of urea groups is 1. The number of carbonyl (C=O) groups excluding carboxylic acids is 2. The highest BCUT2D eigenvalue weighted by Gasteiger charge is 2.05. The number of amides is 3. The number of carboxylic acids is 1. The van der Waals surface area contributed by atoms with Crippen molar-refractivity contribution in [3.05, 3.63) is 0 Å². The third-order valence-corrected chi connectivity index (χ3v) is 3.10. The van der Waals surface area contributed by atoms with Crippen LogP contribution < -0.4 is 16.0 Å². The molecule has 116 valence electrons. The second-order valence-electron chi connectivity index (χ2n) is 4.19. The van der Waals surface area contributed by atoms with Crippen molar-refractivity contribution >= 4 is 29.7 Å². The molecule has 0 atom stereocenters. The quantitative estimate of drug-likeness (QED) is 0.414. The van der Waals surface area contributed by atoms with Crippen LogP contribution in [0.15, 0.2) is 0 Å². The molecule has 0 spiro atoms. The van der Waals surface area contributed by atoms with Crippen molar-refractivity contribution < 1.29 is 19.5 Å². The maximum atomic E-state index is 11.3. The molecule has 0 heterocycles. The summed E-state index contributed by atoms with van der Waals surface area (Å²) in [5.74, 6) is -0.483. The van der Waals surface area contributed by atoms with Gasteiger partial charge < -0.3 is 21.1 Å². The summed E-state index contributed by atoms with van der Waals surface area (Å²) in [4.78, 5) is 32.6. The molecule has 0 aromatic rings. The van der Waals surface area contributed by atoms with Gasteiger partial charge >= 0.3 is 12.0 Å². The fraction of sp³-hybridized carbons (Fsp3) is 0.750. The van der Waals surface area contributed by atoms with E-state index in [2.05, 4.69) is 22.2 Å². The van der Waals surface area contributed by atoms with E-state index in [1.54, 1.807) is 0 Å². The Bertz CT molecular complexity index is 313. The molecule has 8 heteroatoms. The van der Waals surface area contributed by atoms with Gasteiger partial charge in [-0.2, -0.15) is 11.8 Å². The van der Waals surface area contributed by atoms with E-state index in [-0.39, 0.29) is 6.54 Å². The minimum Gasteiger partial charge on any atom is -0.480 e. The van der Waals surface area contributed by atoms with E-state index in [1.807, 2.05) is 11.8 Å². The molecule has 0 aromatic carbocycles.